The van der Waals surface area contributed by atoms with Gasteiger partial charge in [0, 0.05) is 21.8 Å². The number of anilines is 1. The van der Waals surface area contributed by atoms with Gasteiger partial charge in [-0.2, -0.15) is 0 Å². The van der Waals surface area contributed by atoms with Crippen molar-refractivity contribution in [1.29, 1.82) is 0 Å². The van der Waals surface area contributed by atoms with Gasteiger partial charge in [0.2, 0.25) is 0 Å². The minimum Gasteiger partial charge on any atom is -0.394 e. The zero-order valence-corrected chi connectivity index (χ0v) is 11.8. The van der Waals surface area contributed by atoms with E-state index in [9.17, 15) is 18.3 Å². The van der Waals surface area contributed by atoms with E-state index in [4.69, 9.17) is 0 Å². The van der Waals surface area contributed by atoms with E-state index in [2.05, 4.69) is 21.2 Å². The van der Waals surface area contributed by atoms with E-state index in [0.29, 0.717) is 11.8 Å². The highest BCUT2D eigenvalue weighted by Gasteiger charge is 2.18. The van der Waals surface area contributed by atoms with Gasteiger partial charge in [-0.25, -0.2) is 13.2 Å². The number of hydrogen-bond acceptors (Lipinski definition) is 2. The second-order valence-electron chi connectivity index (χ2n) is 4.18. The Kier molecular flexibility index (Phi) is 4.67. The van der Waals surface area contributed by atoms with Crippen LogP contribution in [0.1, 0.15) is 11.6 Å². The normalized spacial score (nSPS) is 12.2. The zero-order valence-electron chi connectivity index (χ0n) is 10.2. The summed E-state index contributed by atoms with van der Waals surface area (Å²) < 4.78 is 40.6. The molecule has 2 rings (SSSR count). The molecule has 0 aliphatic heterocycles. The molecule has 0 radical (unpaired) electrons. The second-order valence-corrected chi connectivity index (χ2v) is 5.09. The zero-order chi connectivity index (χ0) is 14.7. The molecule has 2 aromatic rings. The highest BCUT2D eigenvalue weighted by molar-refractivity contribution is 9.10. The molecule has 0 saturated heterocycles. The lowest BCUT2D eigenvalue weighted by Crippen LogP contribution is -2.17. The summed E-state index contributed by atoms with van der Waals surface area (Å²) in [4.78, 5) is 0. The van der Waals surface area contributed by atoms with E-state index in [1.807, 2.05) is 0 Å². The van der Waals surface area contributed by atoms with Crippen LogP contribution < -0.4 is 5.32 Å². The van der Waals surface area contributed by atoms with Gasteiger partial charge in [0.25, 0.3) is 0 Å². The smallest absolute Gasteiger partial charge is 0.161 e. The maximum atomic E-state index is 13.7. The van der Waals surface area contributed by atoms with Crippen molar-refractivity contribution in [3.63, 3.8) is 0 Å². The third-order valence-electron chi connectivity index (χ3n) is 2.76. The molecule has 1 atom stereocenters. The molecule has 0 aliphatic carbocycles. The van der Waals surface area contributed by atoms with E-state index in [-0.39, 0.29) is 5.56 Å². The molecule has 2 nitrogen and oxygen atoms in total. The summed E-state index contributed by atoms with van der Waals surface area (Å²) >= 11 is 3.28. The molecule has 0 fully saturated rings. The summed E-state index contributed by atoms with van der Waals surface area (Å²) in [6.45, 7) is -0.464. The molecular formula is C14H11BrF3NO. The first-order chi connectivity index (χ1) is 9.51. The fourth-order valence-corrected chi connectivity index (χ4v) is 2.21. The van der Waals surface area contributed by atoms with Gasteiger partial charge in [-0.15, -0.1) is 0 Å². The molecule has 1 unspecified atom stereocenters. The molecule has 0 amide bonds. The van der Waals surface area contributed by atoms with Crippen molar-refractivity contribution in [2.24, 2.45) is 0 Å². The van der Waals surface area contributed by atoms with Crippen molar-refractivity contribution in [3.05, 3.63) is 63.9 Å². The average molecular weight is 346 g/mol. The predicted octanol–water partition coefficient (Wildman–Crippen LogP) is 4.01. The molecule has 0 heterocycles. The summed E-state index contributed by atoms with van der Waals surface area (Å²) in [5.41, 5.74) is 0.480. The van der Waals surface area contributed by atoms with Crippen LogP contribution >= 0.6 is 15.9 Å². The van der Waals surface area contributed by atoms with Gasteiger partial charge < -0.3 is 10.4 Å². The fraction of sp³-hybridized carbons (Fsp3) is 0.143. The van der Waals surface area contributed by atoms with E-state index >= 15 is 0 Å². The first kappa shape index (κ1) is 14.9. The lowest BCUT2D eigenvalue weighted by Gasteiger charge is -2.19. The Morgan fingerprint density at radius 2 is 1.75 bits per heavy atom. The molecule has 0 spiro atoms. The Morgan fingerprint density at radius 3 is 2.40 bits per heavy atom. The van der Waals surface area contributed by atoms with Crippen molar-refractivity contribution in [1.82, 2.24) is 0 Å². The Hall–Kier alpha value is -1.53. The van der Waals surface area contributed by atoms with E-state index < -0.39 is 30.1 Å². The van der Waals surface area contributed by atoms with Gasteiger partial charge in [-0.3, -0.25) is 0 Å². The standard InChI is InChI=1S/C14H11BrF3NO/c15-8-2-1-3-9(4-8)19-14(7-20)10-5-12(17)13(18)6-11(10)16/h1-6,14,19-20H,7H2. The number of halogens is 4. The Balaban J connectivity index is 2.31. The molecule has 20 heavy (non-hydrogen) atoms. The average Bonchev–Trinajstić information content (AvgIpc) is 2.40. The van der Waals surface area contributed by atoms with Crippen molar-refractivity contribution in [2.45, 2.75) is 6.04 Å². The van der Waals surface area contributed by atoms with Crippen LogP contribution in [0.2, 0.25) is 0 Å². The van der Waals surface area contributed by atoms with Gasteiger partial charge >= 0.3 is 0 Å². The first-order valence-electron chi connectivity index (χ1n) is 5.78. The summed E-state index contributed by atoms with van der Waals surface area (Å²) in [5.74, 6) is -3.33. The molecular weight excluding hydrogens is 335 g/mol. The number of nitrogens with one attached hydrogen (secondary N) is 1. The highest BCUT2D eigenvalue weighted by Crippen LogP contribution is 2.25. The van der Waals surface area contributed by atoms with Crippen molar-refractivity contribution in [2.75, 3.05) is 11.9 Å². The third kappa shape index (κ3) is 3.32. The third-order valence-corrected chi connectivity index (χ3v) is 3.26. The van der Waals surface area contributed by atoms with Crippen LogP contribution in [0.3, 0.4) is 0 Å². The van der Waals surface area contributed by atoms with Gasteiger partial charge in [0.05, 0.1) is 12.6 Å². The predicted molar refractivity (Wildman–Crippen MR) is 73.9 cm³/mol. The van der Waals surface area contributed by atoms with E-state index in [0.717, 1.165) is 10.5 Å². The van der Waals surface area contributed by atoms with Crippen LogP contribution in [0, 0.1) is 17.5 Å². The first-order valence-corrected chi connectivity index (χ1v) is 6.58. The number of aliphatic hydroxyl groups excluding tert-OH is 1. The summed E-state index contributed by atoms with van der Waals surface area (Å²) in [6, 6.07) is 7.33. The molecule has 106 valence electrons. The molecule has 6 heteroatoms. The molecule has 0 saturated carbocycles. The lowest BCUT2D eigenvalue weighted by molar-refractivity contribution is 0.273. The maximum Gasteiger partial charge on any atom is 0.161 e. The molecule has 0 aromatic heterocycles. The fourth-order valence-electron chi connectivity index (χ4n) is 1.81. The van der Waals surface area contributed by atoms with Gasteiger partial charge in [-0.1, -0.05) is 22.0 Å². The highest BCUT2D eigenvalue weighted by atomic mass is 79.9. The van der Waals surface area contributed by atoms with Crippen molar-refractivity contribution >= 4 is 21.6 Å². The van der Waals surface area contributed by atoms with Gasteiger partial charge in [0.1, 0.15) is 5.82 Å². The Morgan fingerprint density at radius 1 is 1.05 bits per heavy atom. The monoisotopic (exact) mass is 345 g/mol. The van der Waals surface area contributed by atoms with Gasteiger partial charge in [-0.05, 0) is 24.3 Å². The number of aliphatic hydroxyl groups is 1. The largest absolute Gasteiger partial charge is 0.394 e. The summed E-state index contributed by atoms with van der Waals surface area (Å²) in [5, 5.41) is 12.2. The van der Waals surface area contributed by atoms with Crippen LogP contribution in [0.4, 0.5) is 18.9 Å². The minimum absolute atomic E-state index is 0.133. The van der Waals surface area contributed by atoms with Crippen LogP contribution in [-0.4, -0.2) is 11.7 Å². The molecule has 0 bridgehead atoms. The van der Waals surface area contributed by atoms with Crippen LogP contribution in [0.15, 0.2) is 40.9 Å². The molecule has 2 N–H and O–H groups in total. The number of hydrogen-bond donors (Lipinski definition) is 2. The molecule has 0 aliphatic rings. The maximum absolute atomic E-state index is 13.7. The van der Waals surface area contributed by atoms with Crippen LogP contribution in [-0.2, 0) is 0 Å². The Bertz CT molecular complexity index is 621. The molecule has 2 aromatic carbocycles. The summed E-state index contributed by atoms with van der Waals surface area (Å²) in [7, 11) is 0. The quantitative estimate of drug-likeness (QED) is 0.820. The van der Waals surface area contributed by atoms with E-state index in [1.54, 1.807) is 24.3 Å². The van der Waals surface area contributed by atoms with Crippen molar-refractivity contribution in [3.8, 4) is 0 Å². The lowest BCUT2D eigenvalue weighted by atomic mass is 10.1. The Labute approximate surface area is 122 Å². The van der Waals surface area contributed by atoms with Crippen LogP contribution in [0.25, 0.3) is 0 Å². The summed E-state index contributed by atoms with van der Waals surface area (Å²) in [6.07, 6.45) is 0. The SMILES string of the molecule is OCC(Nc1cccc(Br)c1)c1cc(F)c(F)cc1F. The van der Waals surface area contributed by atoms with E-state index in [1.165, 1.54) is 0 Å². The van der Waals surface area contributed by atoms with Crippen molar-refractivity contribution < 1.29 is 18.3 Å². The van der Waals surface area contributed by atoms with Gasteiger partial charge in [0.15, 0.2) is 11.6 Å². The van der Waals surface area contributed by atoms with Crippen LogP contribution in [0.5, 0.6) is 0 Å². The topological polar surface area (TPSA) is 32.3 Å². The second kappa shape index (κ2) is 6.28. The minimum atomic E-state index is -1.26. The number of rotatable bonds is 4. The number of benzene rings is 2.